The zero-order valence-corrected chi connectivity index (χ0v) is 20.2. The second-order valence-corrected chi connectivity index (χ2v) is 10.2. The number of para-hydroxylation sites is 1. The van der Waals surface area contributed by atoms with Gasteiger partial charge in [-0.3, -0.25) is 4.72 Å². The molecular weight excluding hydrogens is 452 g/mol. The largest absolute Gasteiger partial charge is 0.357 e. The van der Waals surface area contributed by atoms with Gasteiger partial charge in [0.05, 0.1) is 23.7 Å². The molecule has 4 rings (SSSR count). The van der Waals surface area contributed by atoms with E-state index in [1.807, 2.05) is 59.6 Å². The summed E-state index contributed by atoms with van der Waals surface area (Å²) in [6.45, 7) is 2.67. The van der Waals surface area contributed by atoms with E-state index in [0.717, 1.165) is 34.2 Å². The molecule has 0 radical (unpaired) electrons. The molecule has 0 saturated heterocycles. The summed E-state index contributed by atoms with van der Waals surface area (Å²) in [5.74, 6) is 0. The van der Waals surface area contributed by atoms with Crippen LogP contribution in [0.3, 0.4) is 0 Å². The minimum Gasteiger partial charge on any atom is -0.357 e. The Morgan fingerprint density at radius 2 is 1.70 bits per heavy atom. The maximum Gasteiger partial charge on any atom is 0.229 e. The molecule has 0 aromatic heterocycles. The molecule has 6 nitrogen and oxygen atoms in total. The van der Waals surface area contributed by atoms with Gasteiger partial charge >= 0.3 is 0 Å². The fourth-order valence-corrected chi connectivity index (χ4v) is 4.76. The Labute approximate surface area is 200 Å². The van der Waals surface area contributed by atoms with Crippen LogP contribution in [0.1, 0.15) is 34.7 Å². The van der Waals surface area contributed by atoms with E-state index in [9.17, 15) is 8.42 Å². The fourth-order valence-electron chi connectivity index (χ4n) is 3.94. The van der Waals surface area contributed by atoms with Gasteiger partial charge in [-0.1, -0.05) is 72.8 Å². The lowest BCUT2D eigenvalue weighted by atomic mass is 9.95. The average Bonchev–Trinajstić information content (AvgIpc) is 3.23. The third-order valence-electron chi connectivity index (χ3n) is 5.49. The van der Waals surface area contributed by atoms with Crippen molar-refractivity contribution in [1.82, 2.24) is 10.3 Å². The summed E-state index contributed by atoms with van der Waals surface area (Å²) in [5.41, 5.74) is 5.44. The molecule has 8 heteroatoms. The zero-order valence-electron chi connectivity index (χ0n) is 18.5. The maximum absolute atomic E-state index is 11.9. The Bertz CT molecular complexity index is 1290. The second-order valence-electron chi connectivity index (χ2n) is 8.03. The number of rotatable bonds is 6. The Hall–Kier alpha value is -3.23. The van der Waals surface area contributed by atoms with E-state index in [1.54, 1.807) is 12.1 Å². The van der Waals surface area contributed by atoms with Crippen molar-refractivity contribution in [2.24, 2.45) is 5.10 Å². The molecule has 1 aliphatic rings. The summed E-state index contributed by atoms with van der Waals surface area (Å²) in [6.07, 6.45) is 1.74. The molecule has 2 N–H and O–H groups in total. The van der Waals surface area contributed by atoms with Crippen LogP contribution in [0.4, 0.5) is 5.69 Å². The summed E-state index contributed by atoms with van der Waals surface area (Å²) in [6, 6.07) is 25.5. The van der Waals surface area contributed by atoms with Crippen molar-refractivity contribution in [3.63, 3.8) is 0 Å². The molecular formula is C25H26N4O2S2. The molecule has 0 fully saturated rings. The first-order valence-electron chi connectivity index (χ1n) is 10.6. The monoisotopic (exact) mass is 478 g/mol. The van der Waals surface area contributed by atoms with E-state index >= 15 is 0 Å². The van der Waals surface area contributed by atoms with Gasteiger partial charge in [0.25, 0.3) is 0 Å². The van der Waals surface area contributed by atoms with Gasteiger partial charge < -0.3 is 5.32 Å². The minimum absolute atomic E-state index is 0.0942. The molecule has 1 heterocycles. The summed E-state index contributed by atoms with van der Waals surface area (Å²) in [7, 11) is -3.43. The van der Waals surface area contributed by atoms with Gasteiger partial charge in [0.15, 0.2) is 5.11 Å². The lowest BCUT2D eigenvalue weighted by Crippen LogP contribution is -2.36. The topological polar surface area (TPSA) is 73.8 Å². The molecule has 3 aromatic rings. The number of hydrogen-bond acceptors (Lipinski definition) is 4. The third kappa shape index (κ3) is 5.58. The van der Waals surface area contributed by atoms with Gasteiger partial charge in [0.2, 0.25) is 10.0 Å². The van der Waals surface area contributed by atoms with E-state index in [1.165, 1.54) is 0 Å². The van der Waals surface area contributed by atoms with Gasteiger partial charge in [0.1, 0.15) is 0 Å². The lowest BCUT2D eigenvalue weighted by Gasteiger charge is -2.26. The van der Waals surface area contributed by atoms with Crippen LogP contribution in [-0.4, -0.2) is 30.5 Å². The van der Waals surface area contributed by atoms with Gasteiger partial charge in [-0.05, 0) is 41.9 Å². The highest BCUT2D eigenvalue weighted by Gasteiger charge is 2.33. The summed E-state index contributed by atoms with van der Waals surface area (Å²) >= 11 is 5.75. The zero-order chi connectivity index (χ0) is 23.4. The fraction of sp³-hybridized carbons (Fsp3) is 0.200. The summed E-state index contributed by atoms with van der Waals surface area (Å²) in [5, 5.41) is 10.6. The van der Waals surface area contributed by atoms with Crippen LogP contribution in [0.25, 0.3) is 0 Å². The Balaban J connectivity index is 1.67. The first kappa shape index (κ1) is 22.9. The average molecular weight is 479 g/mol. The van der Waals surface area contributed by atoms with Crippen LogP contribution >= 0.6 is 12.2 Å². The van der Waals surface area contributed by atoms with Gasteiger partial charge in [0, 0.05) is 18.5 Å². The number of nitrogens with zero attached hydrogens (tertiary/aromatic N) is 2. The van der Waals surface area contributed by atoms with Crippen LogP contribution < -0.4 is 10.0 Å². The molecule has 1 unspecified atom stereocenters. The van der Waals surface area contributed by atoms with Gasteiger partial charge in [-0.25, -0.2) is 13.4 Å². The van der Waals surface area contributed by atoms with Crippen LogP contribution in [0.2, 0.25) is 0 Å². The Kier molecular flexibility index (Phi) is 6.76. The molecule has 170 valence electrons. The first-order chi connectivity index (χ1) is 15.8. The van der Waals surface area contributed by atoms with E-state index < -0.39 is 10.0 Å². The number of nitrogens with one attached hydrogen (secondary N) is 2. The normalized spacial score (nSPS) is 15.8. The highest BCUT2D eigenvalue weighted by Crippen LogP contribution is 2.36. The van der Waals surface area contributed by atoms with E-state index in [0.29, 0.717) is 23.8 Å². The molecule has 1 aliphatic heterocycles. The van der Waals surface area contributed by atoms with E-state index in [-0.39, 0.29) is 6.04 Å². The molecule has 0 bridgehead atoms. The number of hydrazone groups is 1. The SMILES string of the molecule is Cc1ccccc1C1CC(c2ccccc2NS(C)(=O)=O)=NN1C(=S)NCc1ccccc1. The number of hydrogen-bond donors (Lipinski definition) is 2. The van der Waals surface area contributed by atoms with Crippen LogP contribution in [0.15, 0.2) is 84.0 Å². The maximum atomic E-state index is 11.9. The predicted octanol–water partition coefficient (Wildman–Crippen LogP) is 4.59. The lowest BCUT2D eigenvalue weighted by molar-refractivity contribution is 0.362. The van der Waals surface area contributed by atoms with E-state index in [4.69, 9.17) is 17.3 Å². The van der Waals surface area contributed by atoms with E-state index in [2.05, 4.69) is 29.1 Å². The van der Waals surface area contributed by atoms with Crippen molar-refractivity contribution in [2.75, 3.05) is 11.0 Å². The van der Waals surface area contributed by atoms with Crippen molar-refractivity contribution in [2.45, 2.75) is 25.9 Å². The smallest absolute Gasteiger partial charge is 0.229 e. The predicted molar refractivity (Wildman–Crippen MR) is 138 cm³/mol. The number of anilines is 1. The molecule has 0 aliphatic carbocycles. The Morgan fingerprint density at radius 1 is 1.03 bits per heavy atom. The number of thiocarbonyl (C=S) groups is 1. The van der Waals surface area contributed by atoms with Crippen LogP contribution in [0, 0.1) is 6.92 Å². The van der Waals surface area contributed by atoms with Crippen molar-refractivity contribution < 1.29 is 8.42 Å². The third-order valence-corrected chi connectivity index (χ3v) is 6.41. The summed E-state index contributed by atoms with van der Waals surface area (Å²) in [4.78, 5) is 0. The molecule has 0 amide bonds. The number of sulfonamides is 1. The highest BCUT2D eigenvalue weighted by molar-refractivity contribution is 7.92. The molecule has 0 spiro atoms. The number of benzene rings is 3. The van der Waals surface area contributed by atoms with Gasteiger partial charge in [-0.2, -0.15) is 5.10 Å². The Morgan fingerprint density at radius 3 is 2.42 bits per heavy atom. The molecule has 1 atom stereocenters. The molecule has 3 aromatic carbocycles. The highest BCUT2D eigenvalue weighted by atomic mass is 32.2. The second kappa shape index (κ2) is 9.72. The van der Waals surface area contributed by atoms with Crippen molar-refractivity contribution >= 4 is 38.8 Å². The van der Waals surface area contributed by atoms with Crippen molar-refractivity contribution in [3.8, 4) is 0 Å². The first-order valence-corrected chi connectivity index (χ1v) is 12.9. The quantitative estimate of drug-likeness (QED) is 0.507. The van der Waals surface area contributed by atoms with Crippen molar-refractivity contribution in [1.29, 1.82) is 0 Å². The molecule has 33 heavy (non-hydrogen) atoms. The van der Waals surface area contributed by atoms with Gasteiger partial charge in [-0.15, -0.1) is 0 Å². The van der Waals surface area contributed by atoms with Crippen LogP contribution in [-0.2, 0) is 16.6 Å². The minimum atomic E-state index is -3.43. The summed E-state index contributed by atoms with van der Waals surface area (Å²) < 4.78 is 26.4. The standard InChI is InChI=1S/C25H26N4O2S2/c1-18-10-6-7-13-20(18)24-16-23(21-14-8-9-15-22(21)28-33(2,30)31)27-29(24)25(32)26-17-19-11-4-3-5-12-19/h3-15,24,28H,16-17H2,1-2H3,(H,26,32). The van der Waals surface area contributed by atoms with Crippen LogP contribution in [0.5, 0.6) is 0 Å². The van der Waals surface area contributed by atoms with Crippen molar-refractivity contribution in [3.05, 3.63) is 101 Å². The molecule has 0 saturated carbocycles. The number of aryl methyl sites for hydroxylation is 1.